The Morgan fingerprint density at radius 3 is 2.42 bits per heavy atom. The summed E-state index contributed by atoms with van der Waals surface area (Å²) < 4.78 is 0. The number of aliphatic imine (C=N–C) groups is 1. The summed E-state index contributed by atoms with van der Waals surface area (Å²) in [4.78, 5) is 15.4. The first-order valence-corrected chi connectivity index (χ1v) is 7.44. The maximum absolute atomic E-state index is 10.5. The third-order valence-electron chi connectivity index (χ3n) is 2.79. The minimum Gasteiger partial charge on any atom is -0.211 e. The molecule has 0 amide bonds. The molecule has 0 unspecified atom stereocenters. The Labute approximate surface area is 118 Å². The van der Waals surface area contributed by atoms with E-state index in [1.165, 1.54) is 22.5 Å². The van der Waals surface area contributed by atoms with Gasteiger partial charge in [0.25, 0.3) is 0 Å². The van der Waals surface area contributed by atoms with Gasteiger partial charge in [-0.05, 0) is 28.5 Å². The number of rotatable bonds is 3. The van der Waals surface area contributed by atoms with Crippen molar-refractivity contribution >= 4 is 33.8 Å². The summed E-state index contributed by atoms with van der Waals surface area (Å²) in [5.74, 6) is 0. The average molecular weight is 283 g/mol. The molecule has 3 aromatic rings. The second kappa shape index (κ2) is 5.33. The van der Waals surface area contributed by atoms with Gasteiger partial charge in [0.05, 0.1) is 0 Å². The van der Waals surface area contributed by atoms with Crippen molar-refractivity contribution in [2.45, 2.75) is 0 Å². The third kappa shape index (κ3) is 2.29. The van der Waals surface area contributed by atoms with Crippen molar-refractivity contribution in [1.82, 2.24) is 0 Å². The van der Waals surface area contributed by atoms with Gasteiger partial charge in [-0.25, -0.2) is 4.79 Å². The molecule has 92 valence electrons. The van der Waals surface area contributed by atoms with Crippen LogP contribution in [-0.4, -0.2) is 6.08 Å². The summed E-state index contributed by atoms with van der Waals surface area (Å²) in [6.45, 7) is 0. The Bertz CT molecular complexity index is 736. The van der Waals surface area contributed by atoms with E-state index in [0.29, 0.717) is 0 Å². The maximum atomic E-state index is 10.5. The molecule has 2 nitrogen and oxygen atoms in total. The Morgan fingerprint density at radius 1 is 0.895 bits per heavy atom. The SMILES string of the molecule is O=C=Nc1sccc1-c1sccc1-c1ccccc1. The van der Waals surface area contributed by atoms with Crippen LogP contribution in [0.15, 0.2) is 58.2 Å². The van der Waals surface area contributed by atoms with E-state index in [4.69, 9.17) is 0 Å². The molecule has 0 aliphatic rings. The smallest absolute Gasteiger partial charge is 0.211 e. The molecule has 2 aromatic heterocycles. The standard InChI is InChI=1S/C15H9NOS2/c17-10-16-15-13(7-9-19-15)14-12(6-8-18-14)11-4-2-1-3-5-11/h1-9H. The first-order valence-electron chi connectivity index (χ1n) is 5.69. The Morgan fingerprint density at radius 2 is 1.63 bits per heavy atom. The van der Waals surface area contributed by atoms with Gasteiger partial charge in [0.1, 0.15) is 5.00 Å². The van der Waals surface area contributed by atoms with E-state index >= 15 is 0 Å². The van der Waals surface area contributed by atoms with E-state index in [2.05, 4.69) is 28.6 Å². The van der Waals surface area contributed by atoms with Gasteiger partial charge in [-0.3, -0.25) is 0 Å². The first kappa shape index (κ1) is 12.1. The van der Waals surface area contributed by atoms with Gasteiger partial charge in [-0.1, -0.05) is 30.3 Å². The molecule has 0 aliphatic carbocycles. The summed E-state index contributed by atoms with van der Waals surface area (Å²) in [7, 11) is 0. The van der Waals surface area contributed by atoms with Crippen LogP contribution in [0.4, 0.5) is 5.00 Å². The Balaban J connectivity index is 2.15. The van der Waals surface area contributed by atoms with Gasteiger partial charge in [0.15, 0.2) is 0 Å². The molecule has 2 heterocycles. The molecular weight excluding hydrogens is 274 g/mol. The van der Waals surface area contributed by atoms with Crippen molar-refractivity contribution in [2.75, 3.05) is 0 Å². The topological polar surface area (TPSA) is 29.4 Å². The molecule has 1 aromatic carbocycles. The number of isocyanates is 1. The summed E-state index contributed by atoms with van der Waals surface area (Å²) in [6.07, 6.45) is 1.62. The molecule has 0 N–H and O–H groups in total. The minimum atomic E-state index is 0.717. The average Bonchev–Trinajstić information content (AvgIpc) is 3.08. The normalized spacial score (nSPS) is 10.1. The number of carbonyl (C=O) groups excluding carboxylic acids is 1. The number of benzene rings is 1. The van der Waals surface area contributed by atoms with Crippen LogP contribution in [0.5, 0.6) is 0 Å². The number of hydrogen-bond donors (Lipinski definition) is 0. The molecule has 0 fully saturated rings. The second-order valence-corrected chi connectivity index (χ2v) is 5.68. The van der Waals surface area contributed by atoms with Crippen LogP contribution in [0, 0.1) is 0 Å². The molecule has 4 heteroatoms. The van der Waals surface area contributed by atoms with Gasteiger partial charge in [0, 0.05) is 16.0 Å². The predicted molar refractivity (Wildman–Crippen MR) is 80.8 cm³/mol. The highest BCUT2D eigenvalue weighted by Gasteiger charge is 2.13. The highest BCUT2D eigenvalue weighted by atomic mass is 32.1. The lowest BCUT2D eigenvalue weighted by atomic mass is 10.0. The maximum Gasteiger partial charge on any atom is 0.241 e. The zero-order valence-electron chi connectivity index (χ0n) is 9.87. The third-order valence-corrected chi connectivity index (χ3v) is 4.54. The van der Waals surface area contributed by atoms with Gasteiger partial charge in [-0.15, -0.1) is 22.7 Å². The van der Waals surface area contributed by atoms with E-state index in [1.807, 2.05) is 29.6 Å². The zero-order chi connectivity index (χ0) is 13.1. The van der Waals surface area contributed by atoms with Crippen LogP contribution in [0.2, 0.25) is 0 Å². The van der Waals surface area contributed by atoms with Crippen molar-refractivity contribution in [2.24, 2.45) is 4.99 Å². The van der Waals surface area contributed by atoms with Gasteiger partial charge >= 0.3 is 0 Å². The number of hydrogen-bond acceptors (Lipinski definition) is 4. The minimum absolute atomic E-state index is 0.717. The Kier molecular flexibility index (Phi) is 3.38. The lowest BCUT2D eigenvalue weighted by Gasteiger charge is -2.03. The molecule has 0 atom stereocenters. The molecule has 19 heavy (non-hydrogen) atoms. The fourth-order valence-electron chi connectivity index (χ4n) is 1.97. The summed E-state index contributed by atoms with van der Waals surface area (Å²) >= 11 is 3.11. The van der Waals surface area contributed by atoms with Crippen molar-refractivity contribution in [3.63, 3.8) is 0 Å². The van der Waals surface area contributed by atoms with E-state index in [9.17, 15) is 4.79 Å². The quantitative estimate of drug-likeness (QED) is 0.485. The van der Waals surface area contributed by atoms with Crippen LogP contribution in [-0.2, 0) is 4.79 Å². The lowest BCUT2D eigenvalue weighted by molar-refractivity contribution is 0.565. The summed E-state index contributed by atoms with van der Waals surface area (Å²) in [6, 6.07) is 14.3. The number of thiophene rings is 2. The second-order valence-electron chi connectivity index (χ2n) is 3.87. The van der Waals surface area contributed by atoms with Crippen LogP contribution < -0.4 is 0 Å². The van der Waals surface area contributed by atoms with E-state index in [1.54, 1.807) is 17.4 Å². The summed E-state index contributed by atoms with van der Waals surface area (Å²) in [5, 5.41) is 4.72. The molecule has 0 spiro atoms. The van der Waals surface area contributed by atoms with Crippen LogP contribution >= 0.6 is 22.7 Å². The molecule has 0 radical (unpaired) electrons. The van der Waals surface area contributed by atoms with Gasteiger partial charge in [0.2, 0.25) is 6.08 Å². The molecule has 3 rings (SSSR count). The van der Waals surface area contributed by atoms with E-state index in [0.717, 1.165) is 15.4 Å². The molecule has 0 bridgehead atoms. The predicted octanol–water partition coefficient (Wildman–Crippen LogP) is 5.11. The zero-order valence-corrected chi connectivity index (χ0v) is 11.5. The highest BCUT2D eigenvalue weighted by Crippen LogP contribution is 2.43. The lowest BCUT2D eigenvalue weighted by Crippen LogP contribution is -1.76. The molecular formula is C15H9NOS2. The molecule has 0 saturated carbocycles. The van der Waals surface area contributed by atoms with E-state index in [-0.39, 0.29) is 0 Å². The largest absolute Gasteiger partial charge is 0.241 e. The first-order chi connectivity index (χ1) is 9.40. The monoisotopic (exact) mass is 283 g/mol. The van der Waals surface area contributed by atoms with Crippen molar-refractivity contribution < 1.29 is 4.79 Å². The fraction of sp³-hybridized carbons (Fsp3) is 0. The van der Waals surface area contributed by atoms with Crippen LogP contribution in [0.3, 0.4) is 0 Å². The van der Waals surface area contributed by atoms with Gasteiger partial charge < -0.3 is 0 Å². The molecule has 0 aliphatic heterocycles. The van der Waals surface area contributed by atoms with Crippen molar-refractivity contribution in [1.29, 1.82) is 0 Å². The van der Waals surface area contributed by atoms with Gasteiger partial charge in [-0.2, -0.15) is 4.99 Å². The Hall–Kier alpha value is -2.00. The molecule has 0 saturated heterocycles. The van der Waals surface area contributed by atoms with Crippen molar-refractivity contribution in [3.05, 3.63) is 53.2 Å². The fourth-order valence-corrected chi connectivity index (χ4v) is 3.69. The highest BCUT2D eigenvalue weighted by molar-refractivity contribution is 7.17. The van der Waals surface area contributed by atoms with Crippen LogP contribution in [0.25, 0.3) is 21.6 Å². The van der Waals surface area contributed by atoms with Crippen LogP contribution in [0.1, 0.15) is 0 Å². The summed E-state index contributed by atoms with van der Waals surface area (Å²) in [5.41, 5.74) is 3.35. The van der Waals surface area contributed by atoms with E-state index < -0.39 is 0 Å². The van der Waals surface area contributed by atoms with Crippen molar-refractivity contribution in [3.8, 4) is 21.6 Å². The number of nitrogens with zero attached hydrogens (tertiary/aromatic N) is 1.